The van der Waals surface area contributed by atoms with Gasteiger partial charge in [0.1, 0.15) is 11.6 Å². The molecule has 1 unspecified atom stereocenters. The predicted molar refractivity (Wildman–Crippen MR) is 104 cm³/mol. The van der Waals surface area contributed by atoms with Crippen molar-refractivity contribution in [3.05, 3.63) is 41.9 Å². The van der Waals surface area contributed by atoms with E-state index in [9.17, 15) is 4.79 Å². The van der Waals surface area contributed by atoms with Crippen LogP contribution in [0.1, 0.15) is 55.5 Å². The number of rotatable bonds is 3. The molecule has 3 aromatic rings. The number of benzene rings is 1. The Labute approximate surface area is 157 Å². The zero-order chi connectivity index (χ0) is 18.4. The average molecular weight is 362 g/mol. The molecule has 7 heteroatoms. The molecule has 5 rings (SSSR count). The number of hydrogen-bond donors (Lipinski definition) is 2. The molecule has 2 aliphatic rings. The van der Waals surface area contributed by atoms with Gasteiger partial charge in [0.05, 0.1) is 24.0 Å². The van der Waals surface area contributed by atoms with Crippen molar-refractivity contribution in [1.82, 2.24) is 19.7 Å². The molecule has 0 spiro atoms. The number of nitrogens with zero attached hydrogens (tertiary/aromatic N) is 4. The lowest BCUT2D eigenvalue weighted by Gasteiger charge is -2.27. The highest BCUT2D eigenvalue weighted by Crippen LogP contribution is 2.36. The van der Waals surface area contributed by atoms with Gasteiger partial charge >= 0.3 is 0 Å². The molecule has 1 aliphatic carbocycles. The minimum atomic E-state index is -0.121. The Morgan fingerprint density at radius 3 is 2.85 bits per heavy atom. The van der Waals surface area contributed by atoms with E-state index in [0.29, 0.717) is 12.3 Å². The second-order valence-electron chi connectivity index (χ2n) is 7.45. The summed E-state index contributed by atoms with van der Waals surface area (Å²) in [5.74, 6) is 2.08. The summed E-state index contributed by atoms with van der Waals surface area (Å²) < 4.78 is 1.79. The van der Waals surface area contributed by atoms with Crippen LogP contribution in [0.2, 0.25) is 0 Å². The molecule has 1 atom stereocenters. The van der Waals surface area contributed by atoms with E-state index >= 15 is 0 Å². The fourth-order valence-electron chi connectivity index (χ4n) is 4.22. The highest BCUT2D eigenvalue weighted by atomic mass is 16.1. The van der Waals surface area contributed by atoms with Crippen LogP contribution in [0.3, 0.4) is 0 Å². The first-order chi connectivity index (χ1) is 13.2. The largest absolute Gasteiger partial charge is 0.362 e. The summed E-state index contributed by atoms with van der Waals surface area (Å²) in [6.07, 6.45) is 6.91. The van der Waals surface area contributed by atoms with Crippen molar-refractivity contribution < 1.29 is 4.79 Å². The zero-order valence-corrected chi connectivity index (χ0v) is 15.3. The van der Waals surface area contributed by atoms with Crippen molar-refractivity contribution in [3.8, 4) is 0 Å². The van der Waals surface area contributed by atoms with Crippen LogP contribution in [0.5, 0.6) is 0 Å². The second kappa shape index (κ2) is 6.33. The maximum atomic E-state index is 12.2. The van der Waals surface area contributed by atoms with Crippen LogP contribution in [0, 0.1) is 0 Å². The molecule has 0 saturated heterocycles. The SMILES string of the molecule is Cn1ncc2c(NC3CC(=O)Nc4ccccc43)nc(C3CCCC3)nc21. The number of amides is 1. The van der Waals surface area contributed by atoms with Crippen LogP contribution >= 0.6 is 0 Å². The molecule has 27 heavy (non-hydrogen) atoms. The Bertz CT molecular complexity index is 1020. The van der Waals surface area contributed by atoms with Gasteiger partial charge < -0.3 is 10.6 Å². The molecule has 1 aliphatic heterocycles. The van der Waals surface area contributed by atoms with Crippen LogP contribution in [0.4, 0.5) is 11.5 Å². The van der Waals surface area contributed by atoms with Crippen LogP contribution in [-0.2, 0) is 11.8 Å². The number of anilines is 2. The summed E-state index contributed by atoms with van der Waals surface area (Å²) in [5, 5.41) is 11.7. The number of aromatic nitrogens is 4. The van der Waals surface area contributed by atoms with E-state index in [2.05, 4.69) is 15.7 Å². The lowest BCUT2D eigenvalue weighted by Crippen LogP contribution is -2.27. The van der Waals surface area contributed by atoms with E-state index in [0.717, 1.165) is 46.8 Å². The Kier molecular flexibility index (Phi) is 3.81. The molecule has 0 bridgehead atoms. The molecule has 1 fully saturated rings. The molecule has 0 radical (unpaired) electrons. The highest BCUT2D eigenvalue weighted by Gasteiger charge is 2.27. The van der Waals surface area contributed by atoms with Gasteiger partial charge in [-0.25, -0.2) is 9.97 Å². The molecule has 3 heterocycles. The molecule has 2 aromatic heterocycles. The van der Waals surface area contributed by atoms with Gasteiger partial charge in [0.25, 0.3) is 0 Å². The summed E-state index contributed by atoms with van der Waals surface area (Å²) in [7, 11) is 1.90. The van der Waals surface area contributed by atoms with Crippen LogP contribution in [0.15, 0.2) is 30.5 Å². The van der Waals surface area contributed by atoms with Crippen LogP contribution < -0.4 is 10.6 Å². The number of aryl methyl sites for hydroxylation is 1. The molecule has 1 saturated carbocycles. The lowest BCUT2D eigenvalue weighted by atomic mass is 9.97. The first-order valence-corrected chi connectivity index (χ1v) is 9.54. The third kappa shape index (κ3) is 2.83. The van der Waals surface area contributed by atoms with Crippen molar-refractivity contribution in [3.63, 3.8) is 0 Å². The summed E-state index contributed by atoms with van der Waals surface area (Å²) >= 11 is 0. The second-order valence-corrected chi connectivity index (χ2v) is 7.45. The predicted octanol–water partition coefficient (Wildman–Crippen LogP) is 3.52. The fourth-order valence-corrected chi connectivity index (χ4v) is 4.22. The first kappa shape index (κ1) is 16.2. The van der Waals surface area contributed by atoms with E-state index in [1.807, 2.05) is 31.3 Å². The summed E-state index contributed by atoms with van der Waals surface area (Å²) in [4.78, 5) is 21.9. The number of nitrogens with one attached hydrogen (secondary N) is 2. The molecule has 1 amide bonds. The third-order valence-electron chi connectivity index (χ3n) is 5.64. The molecule has 7 nitrogen and oxygen atoms in total. The number of hydrogen-bond acceptors (Lipinski definition) is 5. The van der Waals surface area contributed by atoms with Gasteiger partial charge in [-0.3, -0.25) is 9.48 Å². The first-order valence-electron chi connectivity index (χ1n) is 9.54. The van der Waals surface area contributed by atoms with E-state index in [4.69, 9.17) is 9.97 Å². The van der Waals surface area contributed by atoms with Gasteiger partial charge in [0.15, 0.2) is 5.65 Å². The van der Waals surface area contributed by atoms with Gasteiger partial charge in [-0.05, 0) is 24.5 Å². The van der Waals surface area contributed by atoms with Crippen molar-refractivity contribution >= 4 is 28.4 Å². The molecular weight excluding hydrogens is 340 g/mol. The Morgan fingerprint density at radius 2 is 2.00 bits per heavy atom. The van der Waals surface area contributed by atoms with Gasteiger partial charge in [0.2, 0.25) is 5.91 Å². The molecule has 1 aromatic carbocycles. The summed E-state index contributed by atoms with van der Waals surface area (Å²) in [5.41, 5.74) is 2.77. The van der Waals surface area contributed by atoms with Gasteiger partial charge in [0, 0.05) is 18.7 Å². The quantitative estimate of drug-likeness (QED) is 0.745. The van der Waals surface area contributed by atoms with E-state index in [-0.39, 0.29) is 11.9 Å². The topological polar surface area (TPSA) is 84.7 Å². The highest BCUT2D eigenvalue weighted by molar-refractivity contribution is 5.95. The monoisotopic (exact) mass is 362 g/mol. The van der Waals surface area contributed by atoms with E-state index in [1.165, 1.54) is 12.8 Å². The zero-order valence-electron chi connectivity index (χ0n) is 15.3. The van der Waals surface area contributed by atoms with Crippen molar-refractivity contribution in [2.75, 3.05) is 10.6 Å². The van der Waals surface area contributed by atoms with Gasteiger partial charge in [-0.2, -0.15) is 5.10 Å². The average Bonchev–Trinajstić information content (AvgIpc) is 3.32. The van der Waals surface area contributed by atoms with Crippen molar-refractivity contribution in [2.45, 2.75) is 44.1 Å². The fraction of sp³-hybridized carbons (Fsp3) is 0.400. The summed E-state index contributed by atoms with van der Waals surface area (Å²) in [6.45, 7) is 0. The van der Waals surface area contributed by atoms with Gasteiger partial charge in [-0.15, -0.1) is 0 Å². The van der Waals surface area contributed by atoms with Crippen molar-refractivity contribution in [1.29, 1.82) is 0 Å². The number of para-hydroxylation sites is 1. The lowest BCUT2D eigenvalue weighted by molar-refractivity contribution is -0.116. The maximum Gasteiger partial charge on any atom is 0.226 e. The number of carbonyl (C=O) groups is 1. The normalized spacial score (nSPS) is 19.9. The number of fused-ring (bicyclic) bond motifs is 2. The van der Waals surface area contributed by atoms with Gasteiger partial charge in [-0.1, -0.05) is 31.0 Å². The van der Waals surface area contributed by atoms with Crippen LogP contribution in [0.25, 0.3) is 11.0 Å². The third-order valence-corrected chi connectivity index (χ3v) is 5.64. The van der Waals surface area contributed by atoms with Crippen molar-refractivity contribution in [2.24, 2.45) is 7.05 Å². The molecule has 138 valence electrons. The Morgan fingerprint density at radius 1 is 1.19 bits per heavy atom. The minimum Gasteiger partial charge on any atom is -0.362 e. The van der Waals surface area contributed by atoms with Crippen LogP contribution in [-0.4, -0.2) is 25.7 Å². The Balaban J connectivity index is 1.58. The molecular formula is C20H22N6O. The Hall–Kier alpha value is -2.96. The van der Waals surface area contributed by atoms with E-state index < -0.39 is 0 Å². The standard InChI is InChI=1S/C20H22N6O/c1-26-20-14(11-21-26)19(24-18(25-20)12-6-2-3-7-12)23-16-10-17(27)22-15-9-5-4-8-13(15)16/h4-5,8-9,11-12,16H,2-3,6-7,10H2,1H3,(H,22,27)(H,23,24,25). The maximum absolute atomic E-state index is 12.2. The number of carbonyl (C=O) groups excluding carboxylic acids is 1. The smallest absolute Gasteiger partial charge is 0.226 e. The summed E-state index contributed by atoms with van der Waals surface area (Å²) in [6, 6.07) is 7.79. The van der Waals surface area contributed by atoms with E-state index in [1.54, 1.807) is 10.9 Å². The molecule has 2 N–H and O–H groups in total. The minimum absolute atomic E-state index is 0.0127.